The lowest BCUT2D eigenvalue weighted by Gasteiger charge is -2.15. The number of carbonyl (C=O) groups excluding carboxylic acids is 1. The molecule has 2 aromatic heterocycles. The summed E-state index contributed by atoms with van der Waals surface area (Å²) in [6, 6.07) is 9.87. The van der Waals surface area contributed by atoms with Crippen molar-refractivity contribution in [2.24, 2.45) is 0 Å². The van der Waals surface area contributed by atoms with Gasteiger partial charge in [0.15, 0.2) is 0 Å². The molecular weight excluding hydrogens is 296 g/mol. The van der Waals surface area contributed by atoms with Crippen LogP contribution in [0.2, 0.25) is 0 Å². The number of amides is 1. The van der Waals surface area contributed by atoms with E-state index < -0.39 is 0 Å². The van der Waals surface area contributed by atoms with E-state index in [9.17, 15) is 4.79 Å². The van der Waals surface area contributed by atoms with E-state index in [0.29, 0.717) is 17.2 Å². The van der Waals surface area contributed by atoms with Crippen LogP contribution in [0.25, 0.3) is 10.6 Å². The van der Waals surface area contributed by atoms with Gasteiger partial charge in [0.1, 0.15) is 5.01 Å². The zero-order valence-electron chi connectivity index (χ0n) is 12.4. The molecule has 0 fully saturated rings. The van der Waals surface area contributed by atoms with Crippen molar-refractivity contribution in [2.75, 3.05) is 11.4 Å². The molecule has 0 aliphatic carbocycles. The highest BCUT2D eigenvalue weighted by Crippen LogP contribution is 2.29. The van der Waals surface area contributed by atoms with Crippen molar-refractivity contribution in [1.82, 2.24) is 15.2 Å². The summed E-state index contributed by atoms with van der Waals surface area (Å²) >= 11 is 1.42. The smallest absolute Gasteiger partial charge is 0.261 e. The van der Waals surface area contributed by atoms with Gasteiger partial charge in [-0.25, -0.2) is 0 Å². The number of nitrogens with one attached hydrogen (secondary N) is 1. The van der Waals surface area contributed by atoms with Crippen LogP contribution in [0, 0.1) is 6.92 Å². The number of hydrogen-bond acceptors (Lipinski definition) is 4. The van der Waals surface area contributed by atoms with Gasteiger partial charge in [0.05, 0.1) is 5.56 Å². The molecule has 22 heavy (non-hydrogen) atoms. The van der Waals surface area contributed by atoms with Crippen molar-refractivity contribution in [3.8, 4) is 10.6 Å². The molecule has 3 rings (SSSR count). The van der Waals surface area contributed by atoms with Gasteiger partial charge in [-0.15, -0.1) is 10.2 Å². The van der Waals surface area contributed by atoms with Gasteiger partial charge in [-0.2, -0.15) is 0 Å². The van der Waals surface area contributed by atoms with Gasteiger partial charge < -0.3 is 4.98 Å². The minimum atomic E-state index is -0.0737. The lowest BCUT2D eigenvalue weighted by molar-refractivity contribution is 0.0988. The Labute approximate surface area is 132 Å². The highest BCUT2D eigenvalue weighted by molar-refractivity contribution is 7.18. The normalized spacial score (nSPS) is 10.6. The summed E-state index contributed by atoms with van der Waals surface area (Å²) in [5.41, 5.74) is 2.83. The van der Waals surface area contributed by atoms with Gasteiger partial charge in [-0.05, 0) is 19.9 Å². The summed E-state index contributed by atoms with van der Waals surface area (Å²) in [5.74, 6) is -0.0737. The lowest BCUT2D eigenvalue weighted by atomic mass is 10.2. The van der Waals surface area contributed by atoms with E-state index in [4.69, 9.17) is 0 Å². The van der Waals surface area contributed by atoms with Crippen LogP contribution in [0.5, 0.6) is 0 Å². The SMILES string of the molecule is CCN(C(=O)c1cc[nH]c1)c1nnc(-c2ccc(C)cc2)s1. The minimum Gasteiger partial charge on any atom is -0.367 e. The first-order valence-corrected chi connectivity index (χ1v) is 7.86. The first kappa shape index (κ1) is 14.5. The Balaban J connectivity index is 1.88. The number of aryl methyl sites for hydroxylation is 1. The number of aromatic amines is 1. The number of H-pyrrole nitrogens is 1. The Hall–Kier alpha value is -2.47. The maximum atomic E-state index is 12.5. The summed E-state index contributed by atoms with van der Waals surface area (Å²) in [5, 5.41) is 9.83. The Morgan fingerprint density at radius 2 is 2.00 bits per heavy atom. The van der Waals surface area contributed by atoms with Crippen LogP contribution < -0.4 is 4.90 Å². The largest absolute Gasteiger partial charge is 0.367 e. The fourth-order valence-electron chi connectivity index (χ4n) is 2.12. The number of carbonyl (C=O) groups is 1. The first-order valence-electron chi connectivity index (χ1n) is 7.04. The Morgan fingerprint density at radius 1 is 1.23 bits per heavy atom. The molecule has 0 aliphatic heterocycles. The van der Waals surface area contributed by atoms with E-state index in [1.54, 1.807) is 23.4 Å². The molecule has 0 radical (unpaired) electrons. The maximum absolute atomic E-state index is 12.5. The second kappa shape index (κ2) is 6.11. The Morgan fingerprint density at radius 3 is 2.64 bits per heavy atom. The van der Waals surface area contributed by atoms with E-state index in [1.165, 1.54) is 16.9 Å². The minimum absolute atomic E-state index is 0.0737. The standard InChI is InChI=1S/C16H16N4OS/c1-3-20(15(21)13-8-9-17-10-13)16-19-18-14(22-16)12-6-4-11(2)5-7-12/h4-10,17H,3H2,1-2H3. The van der Waals surface area contributed by atoms with Crippen LogP contribution >= 0.6 is 11.3 Å². The average molecular weight is 312 g/mol. The second-order valence-corrected chi connectivity index (χ2v) is 5.86. The number of anilines is 1. The molecule has 1 amide bonds. The number of nitrogens with zero attached hydrogens (tertiary/aromatic N) is 3. The van der Waals surface area contributed by atoms with Crippen LogP contribution in [0.15, 0.2) is 42.7 Å². The van der Waals surface area contributed by atoms with Gasteiger partial charge in [-0.1, -0.05) is 41.2 Å². The Bertz CT molecular complexity index is 762. The fourth-order valence-corrected chi connectivity index (χ4v) is 3.03. The molecule has 0 saturated heterocycles. The average Bonchev–Trinajstić information content (AvgIpc) is 3.20. The molecule has 1 N–H and O–H groups in total. The molecule has 0 unspecified atom stereocenters. The molecule has 0 bridgehead atoms. The third-order valence-electron chi connectivity index (χ3n) is 3.35. The van der Waals surface area contributed by atoms with Crippen molar-refractivity contribution in [2.45, 2.75) is 13.8 Å². The van der Waals surface area contributed by atoms with Crippen molar-refractivity contribution >= 4 is 22.4 Å². The van der Waals surface area contributed by atoms with E-state index >= 15 is 0 Å². The molecule has 0 spiro atoms. The topological polar surface area (TPSA) is 61.9 Å². The van der Waals surface area contributed by atoms with Crippen LogP contribution in [0.3, 0.4) is 0 Å². The van der Waals surface area contributed by atoms with Gasteiger partial charge >= 0.3 is 0 Å². The monoisotopic (exact) mass is 312 g/mol. The fraction of sp³-hybridized carbons (Fsp3) is 0.188. The summed E-state index contributed by atoms with van der Waals surface area (Å²) in [6.45, 7) is 4.52. The molecular formula is C16H16N4OS. The zero-order valence-corrected chi connectivity index (χ0v) is 13.2. The summed E-state index contributed by atoms with van der Waals surface area (Å²) in [6.07, 6.45) is 3.42. The van der Waals surface area contributed by atoms with Gasteiger partial charge in [-0.3, -0.25) is 9.69 Å². The number of hydrogen-bond donors (Lipinski definition) is 1. The van der Waals surface area contributed by atoms with Gasteiger partial charge in [0.25, 0.3) is 5.91 Å². The van der Waals surface area contributed by atoms with E-state index in [-0.39, 0.29) is 5.91 Å². The van der Waals surface area contributed by atoms with Crippen molar-refractivity contribution in [3.05, 3.63) is 53.9 Å². The molecule has 112 valence electrons. The highest BCUT2D eigenvalue weighted by atomic mass is 32.1. The predicted molar refractivity (Wildman–Crippen MR) is 88.2 cm³/mol. The maximum Gasteiger partial charge on any atom is 0.261 e. The number of aromatic nitrogens is 3. The first-order chi connectivity index (χ1) is 10.7. The number of rotatable bonds is 4. The highest BCUT2D eigenvalue weighted by Gasteiger charge is 2.20. The van der Waals surface area contributed by atoms with Crippen LogP contribution in [-0.4, -0.2) is 27.6 Å². The summed E-state index contributed by atoms with van der Waals surface area (Å²) < 4.78 is 0. The predicted octanol–water partition coefficient (Wildman–Crippen LogP) is 3.51. The Kier molecular flexibility index (Phi) is 4.02. The van der Waals surface area contributed by atoms with Gasteiger partial charge in [0.2, 0.25) is 5.13 Å². The zero-order chi connectivity index (χ0) is 15.5. The number of benzene rings is 1. The molecule has 6 heteroatoms. The third kappa shape index (κ3) is 2.78. The molecule has 1 aromatic carbocycles. The van der Waals surface area contributed by atoms with E-state index in [2.05, 4.69) is 15.2 Å². The van der Waals surface area contributed by atoms with Crippen molar-refractivity contribution in [3.63, 3.8) is 0 Å². The lowest BCUT2D eigenvalue weighted by Crippen LogP contribution is -2.30. The molecule has 0 aliphatic rings. The molecule has 5 nitrogen and oxygen atoms in total. The molecule has 3 aromatic rings. The molecule has 0 atom stereocenters. The van der Waals surface area contributed by atoms with E-state index in [0.717, 1.165) is 10.6 Å². The van der Waals surface area contributed by atoms with Crippen LogP contribution in [0.1, 0.15) is 22.8 Å². The third-order valence-corrected chi connectivity index (χ3v) is 4.35. The van der Waals surface area contributed by atoms with Crippen LogP contribution in [0.4, 0.5) is 5.13 Å². The summed E-state index contributed by atoms with van der Waals surface area (Å²) in [4.78, 5) is 17.0. The van der Waals surface area contributed by atoms with Crippen molar-refractivity contribution < 1.29 is 4.79 Å². The quantitative estimate of drug-likeness (QED) is 0.802. The van der Waals surface area contributed by atoms with Gasteiger partial charge in [0, 0.05) is 24.5 Å². The van der Waals surface area contributed by atoms with Crippen molar-refractivity contribution in [1.29, 1.82) is 0 Å². The van der Waals surface area contributed by atoms with Crippen LogP contribution in [-0.2, 0) is 0 Å². The molecule has 0 saturated carbocycles. The summed E-state index contributed by atoms with van der Waals surface area (Å²) in [7, 11) is 0. The second-order valence-electron chi connectivity index (χ2n) is 4.90. The molecule has 2 heterocycles. The van der Waals surface area contributed by atoms with E-state index in [1.807, 2.05) is 38.1 Å².